The smallest absolute Gasteiger partial charge is 0.0276 e. The highest BCUT2D eigenvalue weighted by molar-refractivity contribution is 5.86. The van der Waals surface area contributed by atoms with Crippen LogP contribution < -0.4 is 5.73 Å². The predicted octanol–water partition coefficient (Wildman–Crippen LogP) is 3.14. The molecule has 2 nitrogen and oxygen atoms in total. The van der Waals surface area contributed by atoms with E-state index in [2.05, 4.69) is 25.8 Å². The lowest BCUT2D eigenvalue weighted by atomic mass is 9.88. The van der Waals surface area contributed by atoms with Crippen molar-refractivity contribution in [2.24, 2.45) is 16.6 Å². The van der Waals surface area contributed by atoms with E-state index in [-0.39, 0.29) is 0 Å². The van der Waals surface area contributed by atoms with Gasteiger partial charge in [-0.1, -0.05) is 26.7 Å². The first-order valence-corrected chi connectivity index (χ1v) is 5.55. The molecule has 0 heterocycles. The molecule has 0 aliphatic rings. The molecule has 0 aromatic heterocycles. The Bertz CT molecular complexity index is 204. The monoisotopic (exact) mass is 196 g/mol. The number of aliphatic imine (C=N–C) groups is 1. The van der Waals surface area contributed by atoms with Crippen molar-refractivity contribution in [2.75, 3.05) is 7.05 Å². The van der Waals surface area contributed by atoms with Gasteiger partial charge in [-0.25, -0.2) is 0 Å². The Kier molecular flexibility index (Phi) is 7.17. The van der Waals surface area contributed by atoms with Crippen LogP contribution in [-0.4, -0.2) is 12.8 Å². The van der Waals surface area contributed by atoms with E-state index in [4.69, 9.17) is 5.73 Å². The number of hydrogen-bond donors (Lipinski definition) is 1. The van der Waals surface area contributed by atoms with Gasteiger partial charge < -0.3 is 5.73 Å². The molecule has 0 amide bonds. The molecule has 0 spiro atoms. The summed E-state index contributed by atoms with van der Waals surface area (Å²) < 4.78 is 0. The van der Waals surface area contributed by atoms with Gasteiger partial charge in [0.1, 0.15) is 0 Å². The molecule has 1 unspecified atom stereocenters. The molecule has 0 radical (unpaired) electrons. The number of hydrogen-bond acceptors (Lipinski definition) is 2. The van der Waals surface area contributed by atoms with Crippen LogP contribution in [0.5, 0.6) is 0 Å². The second kappa shape index (κ2) is 7.60. The second-order valence-corrected chi connectivity index (χ2v) is 3.65. The normalized spacial score (nSPS) is 15.7. The maximum absolute atomic E-state index is 5.63. The third-order valence-corrected chi connectivity index (χ3v) is 2.77. The van der Waals surface area contributed by atoms with E-state index in [1.165, 1.54) is 30.5 Å². The largest absolute Gasteiger partial charge is 0.405 e. The van der Waals surface area contributed by atoms with Crippen LogP contribution in [0, 0.1) is 5.92 Å². The lowest BCUT2D eigenvalue weighted by Gasteiger charge is -2.18. The Morgan fingerprint density at radius 1 is 1.43 bits per heavy atom. The summed E-state index contributed by atoms with van der Waals surface area (Å²) in [7, 11) is 1.86. The van der Waals surface area contributed by atoms with Crippen molar-refractivity contribution in [2.45, 2.75) is 46.5 Å². The molecule has 0 aliphatic heterocycles. The predicted molar refractivity (Wildman–Crippen MR) is 64.6 cm³/mol. The van der Waals surface area contributed by atoms with Crippen LogP contribution in [0.25, 0.3) is 0 Å². The molecule has 14 heavy (non-hydrogen) atoms. The van der Waals surface area contributed by atoms with E-state index < -0.39 is 0 Å². The van der Waals surface area contributed by atoms with Crippen LogP contribution in [0.15, 0.2) is 16.8 Å². The fraction of sp³-hybridized carbons (Fsp3) is 0.750. The zero-order valence-corrected chi connectivity index (χ0v) is 10.0. The molecule has 2 heteroatoms. The summed E-state index contributed by atoms with van der Waals surface area (Å²) in [5, 5.41) is 0. The van der Waals surface area contributed by atoms with Crippen LogP contribution >= 0.6 is 0 Å². The summed E-state index contributed by atoms with van der Waals surface area (Å²) in [6.45, 7) is 6.47. The van der Waals surface area contributed by atoms with Gasteiger partial charge in [0.15, 0.2) is 0 Å². The first-order chi connectivity index (χ1) is 6.71. The molecule has 82 valence electrons. The molecule has 0 saturated heterocycles. The Morgan fingerprint density at radius 2 is 2.07 bits per heavy atom. The summed E-state index contributed by atoms with van der Waals surface area (Å²) in [6, 6.07) is 0. The number of allylic oxidation sites excluding steroid dienone is 1. The molecule has 2 N–H and O–H groups in total. The zero-order chi connectivity index (χ0) is 11.0. The Balaban J connectivity index is 4.54. The quantitative estimate of drug-likeness (QED) is 0.651. The maximum Gasteiger partial charge on any atom is 0.0276 e. The minimum absolute atomic E-state index is 0.468. The van der Waals surface area contributed by atoms with Crippen LogP contribution in [-0.2, 0) is 0 Å². The highest BCUT2D eigenvalue weighted by atomic mass is 14.7. The molecule has 0 saturated carbocycles. The van der Waals surface area contributed by atoms with E-state index in [1.807, 2.05) is 7.05 Å². The number of unbranched alkanes of at least 4 members (excludes halogenated alkanes) is 1. The third kappa shape index (κ3) is 3.95. The SMILES string of the molecule is CCCCC(C(C)=NC)/C(=C\N)CC. The van der Waals surface area contributed by atoms with E-state index in [0.29, 0.717) is 5.92 Å². The van der Waals surface area contributed by atoms with E-state index >= 15 is 0 Å². The van der Waals surface area contributed by atoms with Crippen molar-refractivity contribution in [1.29, 1.82) is 0 Å². The van der Waals surface area contributed by atoms with Gasteiger partial charge in [-0.05, 0) is 31.5 Å². The molecule has 0 bridgehead atoms. The summed E-state index contributed by atoms with van der Waals surface area (Å²) >= 11 is 0. The standard InChI is InChI=1S/C12H24N2/c1-5-7-8-12(10(3)14-4)11(6-2)9-13/h9,12H,5-8,13H2,1-4H3/b11-9-,14-10?. The molecular formula is C12H24N2. The number of nitrogens with zero attached hydrogens (tertiary/aromatic N) is 1. The van der Waals surface area contributed by atoms with Gasteiger partial charge in [0.05, 0.1) is 0 Å². The van der Waals surface area contributed by atoms with Gasteiger partial charge in [0.25, 0.3) is 0 Å². The van der Waals surface area contributed by atoms with E-state index in [0.717, 1.165) is 6.42 Å². The van der Waals surface area contributed by atoms with E-state index in [1.54, 1.807) is 6.20 Å². The van der Waals surface area contributed by atoms with Gasteiger partial charge in [-0.2, -0.15) is 0 Å². The van der Waals surface area contributed by atoms with Gasteiger partial charge >= 0.3 is 0 Å². The van der Waals surface area contributed by atoms with Gasteiger partial charge in [0.2, 0.25) is 0 Å². The van der Waals surface area contributed by atoms with Gasteiger partial charge in [-0.15, -0.1) is 0 Å². The Labute approximate surface area is 88.3 Å². The number of nitrogens with two attached hydrogens (primary N) is 1. The highest BCUT2D eigenvalue weighted by Crippen LogP contribution is 2.21. The first kappa shape index (κ1) is 13.2. The molecule has 0 aliphatic carbocycles. The molecule has 1 atom stereocenters. The van der Waals surface area contributed by atoms with Crippen molar-refractivity contribution in [3.05, 3.63) is 11.8 Å². The molecular weight excluding hydrogens is 172 g/mol. The maximum atomic E-state index is 5.63. The Morgan fingerprint density at radius 3 is 2.43 bits per heavy atom. The summed E-state index contributed by atoms with van der Waals surface area (Å²) in [4.78, 5) is 4.28. The average Bonchev–Trinajstić information content (AvgIpc) is 2.23. The van der Waals surface area contributed by atoms with Crippen LogP contribution in [0.2, 0.25) is 0 Å². The van der Waals surface area contributed by atoms with E-state index in [9.17, 15) is 0 Å². The lowest BCUT2D eigenvalue weighted by Crippen LogP contribution is -2.15. The van der Waals surface area contributed by atoms with Crippen molar-refractivity contribution < 1.29 is 0 Å². The van der Waals surface area contributed by atoms with Crippen molar-refractivity contribution in [1.82, 2.24) is 0 Å². The lowest BCUT2D eigenvalue weighted by molar-refractivity contribution is 0.625. The molecule has 0 aromatic carbocycles. The molecule has 0 rings (SSSR count). The topological polar surface area (TPSA) is 38.4 Å². The molecule has 0 aromatic rings. The fourth-order valence-electron chi connectivity index (χ4n) is 1.71. The van der Waals surface area contributed by atoms with Crippen molar-refractivity contribution in [3.63, 3.8) is 0 Å². The third-order valence-electron chi connectivity index (χ3n) is 2.77. The zero-order valence-electron chi connectivity index (χ0n) is 10.0. The first-order valence-electron chi connectivity index (χ1n) is 5.55. The minimum Gasteiger partial charge on any atom is -0.405 e. The fourth-order valence-corrected chi connectivity index (χ4v) is 1.71. The van der Waals surface area contributed by atoms with Gasteiger partial charge in [0, 0.05) is 18.7 Å². The summed E-state index contributed by atoms with van der Waals surface area (Å²) in [5.74, 6) is 0.468. The average molecular weight is 196 g/mol. The van der Waals surface area contributed by atoms with Crippen molar-refractivity contribution in [3.8, 4) is 0 Å². The van der Waals surface area contributed by atoms with Gasteiger partial charge in [-0.3, -0.25) is 4.99 Å². The Hall–Kier alpha value is -0.790. The van der Waals surface area contributed by atoms with Crippen molar-refractivity contribution >= 4 is 5.71 Å². The molecule has 0 fully saturated rings. The summed E-state index contributed by atoms with van der Waals surface area (Å²) in [5.41, 5.74) is 8.16. The minimum atomic E-state index is 0.468. The van der Waals surface area contributed by atoms with Crippen LogP contribution in [0.1, 0.15) is 46.5 Å². The van der Waals surface area contributed by atoms with Crippen LogP contribution in [0.3, 0.4) is 0 Å². The number of rotatable bonds is 6. The highest BCUT2D eigenvalue weighted by Gasteiger charge is 2.14. The van der Waals surface area contributed by atoms with Crippen LogP contribution in [0.4, 0.5) is 0 Å². The second-order valence-electron chi connectivity index (χ2n) is 3.65. The summed E-state index contributed by atoms with van der Waals surface area (Å²) in [6.07, 6.45) is 6.44.